The summed E-state index contributed by atoms with van der Waals surface area (Å²) in [5.74, 6) is 0.773. The first-order valence-electron chi connectivity index (χ1n) is 21.0. The van der Waals surface area contributed by atoms with Gasteiger partial charge in [0.05, 0.1) is 133 Å². The van der Waals surface area contributed by atoms with Crippen molar-refractivity contribution in [3.63, 3.8) is 0 Å². The van der Waals surface area contributed by atoms with Crippen molar-refractivity contribution in [3.05, 3.63) is 70.3 Å². The zero-order valence-electron chi connectivity index (χ0n) is 35.7. The van der Waals surface area contributed by atoms with E-state index in [9.17, 15) is 9.90 Å². The van der Waals surface area contributed by atoms with E-state index in [0.29, 0.717) is 174 Å². The Balaban J connectivity index is 0.943. The second kappa shape index (κ2) is 31.3. The van der Waals surface area contributed by atoms with Gasteiger partial charge in [0.15, 0.2) is 16.6 Å². The van der Waals surface area contributed by atoms with Crippen molar-refractivity contribution in [1.82, 2.24) is 5.32 Å². The van der Waals surface area contributed by atoms with Crippen LogP contribution in [0.1, 0.15) is 36.5 Å². The van der Waals surface area contributed by atoms with E-state index in [1.54, 1.807) is 18.2 Å². The fourth-order valence-corrected chi connectivity index (χ4v) is 6.57. The number of carbonyl (C=O) groups excluding carboxylic acids is 1. The van der Waals surface area contributed by atoms with Gasteiger partial charge in [-0.2, -0.15) is 4.89 Å². The van der Waals surface area contributed by atoms with Crippen LogP contribution in [-0.4, -0.2) is 162 Å². The van der Waals surface area contributed by atoms with Crippen LogP contribution in [0.25, 0.3) is 5.57 Å². The highest BCUT2D eigenvalue weighted by molar-refractivity contribution is 7.80. The fraction of sp³-hybridized carbons (Fsp3) is 0.591. The highest BCUT2D eigenvalue weighted by Crippen LogP contribution is 2.46. The fourth-order valence-electron chi connectivity index (χ4n) is 6.35. The van der Waals surface area contributed by atoms with Crippen molar-refractivity contribution >= 4 is 34.4 Å². The summed E-state index contributed by atoms with van der Waals surface area (Å²) >= 11 is 5.51. The number of rotatable bonds is 35. The average molecular weight is 877 g/mol. The summed E-state index contributed by atoms with van der Waals surface area (Å²) in [6.07, 6.45) is 3.37. The molecule has 16 nitrogen and oxygen atoms in total. The molecule has 3 N–H and O–H groups in total. The molecular formula is C44H64N2O14S. The van der Waals surface area contributed by atoms with Gasteiger partial charge in [0.25, 0.3) is 0 Å². The van der Waals surface area contributed by atoms with E-state index < -0.39 is 0 Å². The SMILES string of the molecule is CCOCCOCCOCCOCCOCCOCCOCCOCCOCCOCCNC(=S)Nc1ccc(C2=C3CCC(=O)C=C3Cc3cc(O)ccc32)c(OOC)c1. The number of hydrogen-bond donors (Lipinski definition) is 3. The first-order chi connectivity index (χ1) is 30.0. The van der Waals surface area contributed by atoms with Gasteiger partial charge < -0.3 is 68.0 Å². The third-order valence-corrected chi connectivity index (χ3v) is 9.40. The van der Waals surface area contributed by atoms with E-state index in [4.69, 9.17) is 69.4 Å². The molecule has 0 aromatic heterocycles. The van der Waals surface area contributed by atoms with E-state index in [1.165, 1.54) is 7.11 Å². The number of benzene rings is 2. The number of allylic oxidation sites excluding steroid dienone is 3. The monoisotopic (exact) mass is 876 g/mol. The Hall–Kier alpha value is -3.56. The predicted octanol–water partition coefficient (Wildman–Crippen LogP) is 4.45. The molecule has 2 aliphatic carbocycles. The van der Waals surface area contributed by atoms with E-state index >= 15 is 0 Å². The van der Waals surface area contributed by atoms with Crippen LogP contribution in [0, 0.1) is 0 Å². The molecule has 0 spiro atoms. The van der Waals surface area contributed by atoms with Gasteiger partial charge in [0.2, 0.25) is 0 Å². The van der Waals surface area contributed by atoms with Gasteiger partial charge >= 0.3 is 0 Å². The molecule has 340 valence electrons. The van der Waals surface area contributed by atoms with Crippen LogP contribution in [-0.2, 0) is 63.5 Å². The zero-order chi connectivity index (χ0) is 43.2. The summed E-state index contributed by atoms with van der Waals surface area (Å²) in [7, 11) is 1.45. The largest absolute Gasteiger partial charge is 0.508 e. The molecule has 0 radical (unpaired) electrons. The summed E-state index contributed by atoms with van der Waals surface area (Å²) in [5, 5.41) is 16.9. The molecule has 2 aromatic carbocycles. The van der Waals surface area contributed by atoms with Crippen molar-refractivity contribution in [2.24, 2.45) is 0 Å². The maximum Gasteiger partial charge on any atom is 0.175 e. The Labute approximate surface area is 364 Å². The molecule has 0 amide bonds. The molecule has 4 rings (SSSR count). The normalized spacial score (nSPS) is 13.5. The molecule has 2 aliphatic rings. The number of nitrogens with one attached hydrogen (secondary N) is 2. The van der Waals surface area contributed by atoms with Gasteiger partial charge in [-0.1, -0.05) is 6.07 Å². The summed E-state index contributed by atoms with van der Waals surface area (Å²) in [5.41, 5.74) is 6.45. The highest BCUT2D eigenvalue weighted by atomic mass is 32.1. The zero-order valence-corrected chi connectivity index (χ0v) is 36.5. The Morgan fingerprint density at radius 1 is 0.639 bits per heavy atom. The molecule has 17 heteroatoms. The van der Waals surface area contributed by atoms with Crippen molar-refractivity contribution < 1.29 is 67.0 Å². The van der Waals surface area contributed by atoms with E-state index in [0.717, 1.165) is 33.4 Å². The third-order valence-electron chi connectivity index (χ3n) is 9.15. The van der Waals surface area contributed by atoms with Crippen molar-refractivity contribution in [2.45, 2.75) is 26.2 Å². The molecule has 0 fully saturated rings. The lowest BCUT2D eigenvalue weighted by Crippen LogP contribution is -2.31. The number of hydrogen-bond acceptors (Lipinski definition) is 15. The van der Waals surface area contributed by atoms with Crippen molar-refractivity contribution in [3.8, 4) is 11.5 Å². The third kappa shape index (κ3) is 20.0. The quantitative estimate of drug-likeness (QED) is 0.0384. The topological polar surface area (TPSA) is 172 Å². The number of anilines is 1. The first-order valence-corrected chi connectivity index (χ1v) is 21.4. The number of phenols is 1. The number of ether oxygens (including phenoxy) is 10. The van der Waals surface area contributed by atoms with E-state index in [1.807, 2.05) is 31.2 Å². The lowest BCUT2D eigenvalue weighted by atomic mass is 9.75. The first kappa shape index (κ1) is 50.1. The van der Waals surface area contributed by atoms with Gasteiger partial charge in [-0.25, -0.2) is 0 Å². The average Bonchev–Trinajstić information content (AvgIpc) is 3.25. The number of thiocarbonyl (C=S) groups is 1. The number of phenolic OH excluding ortho intramolecular Hbond substituents is 1. The number of fused-ring (bicyclic) bond motifs is 2. The minimum absolute atomic E-state index is 0.107. The maximum absolute atomic E-state index is 12.3. The Bertz CT molecular complexity index is 1640. The molecule has 0 atom stereocenters. The second-order valence-corrected chi connectivity index (χ2v) is 14.0. The predicted molar refractivity (Wildman–Crippen MR) is 232 cm³/mol. The summed E-state index contributed by atoms with van der Waals surface area (Å²) in [4.78, 5) is 23.1. The van der Waals surface area contributed by atoms with Gasteiger partial charge in [-0.05, 0) is 90.2 Å². The van der Waals surface area contributed by atoms with E-state index in [2.05, 4.69) is 10.6 Å². The maximum atomic E-state index is 12.3. The Morgan fingerprint density at radius 2 is 1.13 bits per heavy atom. The number of aromatic hydroxyl groups is 1. The smallest absolute Gasteiger partial charge is 0.175 e. The summed E-state index contributed by atoms with van der Waals surface area (Å²) in [6.45, 7) is 12.7. The summed E-state index contributed by atoms with van der Waals surface area (Å²) in [6, 6.07) is 11.0. The van der Waals surface area contributed by atoms with Crippen LogP contribution in [0.15, 0.2) is 53.6 Å². The number of carbonyl (C=O) groups is 1. The van der Waals surface area contributed by atoms with Gasteiger partial charge in [-0.3, -0.25) is 4.79 Å². The van der Waals surface area contributed by atoms with Gasteiger partial charge in [-0.15, -0.1) is 0 Å². The van der Waals surface area contributed by atoms with Crippen LogP contribution in [0.3, 0.4) is 0 Å². The molecule has 61 heavy (non-hydrogen) atoms. The molecule has 0 unspecified atom stereocenters. The standard InChI is InChI=1S/C44H64N2O14S/c1-3-50-12-13-52-16-17-54-20-21-56-24-25-58-28-29-59-27-26-57-23-22-55-19-18-53-15-14-51-11-10-45-44(61)46-36-4-7-41(42(33-36)60-49-2)43-39-8-5-37(47)31-34(39)30-35-32-38(48)6-9-40(35)43/h4-5,7-8,31-33,47H,3,6,9-30H2,1-2H3,(H2,45,46,61). The molecule has 0 heterocycles. The summed E-state index contributed by atoms with van der Waals surface area (Å²) < 4.78 is 54.8. The van der Waals surface area contributed by atoms with Crippen molar-refractivity contribution in [1.29, 1.82) is 0 Å². The van der Waals surface area contributed by atoms with Crippen LogP contribution in [0.5, 0.6) is 11.5 Å². The lowest BCUT2D eigenvalue weighted by molar-refractivity contribution is -0.178. The minimum Gasteiger partial charge on any atom is -0.508 e. The van der Waals surface area contributed by atoms with Crippen LogP contribution in [0.2, 0.25) is 0 Å². The molecule has 0 saturated carbocycles. The van der Waals surface area contributed by atoms with E-state index in [-0.39, 0.29) is 11.5 Å². The molecule has 0 aliphatic heterocycles. The van der Waals surface area contributed by atoms with Crippen LogP contribution >= 0.6 is 12.2 Å². The Morgan fingerprint density at radius 3 is 1.64 bits per heavy atom. The Kier molecular flexibility index (Phi) is 25.7. The van der Waals surface area contributed by atoms with Gasteiger partial charge in [0, 0.05) is 36.9 Å². The minimum atomic E-state index is 0.107. The second-order valence-electron chi connectivity index (χ2n) is 13.6. The van der Waals surface area contributed by atoms with Crippen LogP contribution < -0.4 is 15.5 Å². The van der Waals surface area contributed by atoms with Gasteiger partial charge in [0.1, 0.15) is 5.75 Å². The number of ketones is 1. The van der Waals surface area contributed by atoms with Crippen molar-refractivity contribution in [2.75, 3.05) is 151 Å². The molecular weight excluding hydrogens is 813 g/mol. The molecule has 0 bridgehead atoms. The highest BCUT2D eigenvalue weighted by Gasteiger charge is 2.29. The van der Waals surface area contributed by atoms with Crippen LogP contribution in [0.4, 0.5) is 5.69 Å². The molecule has 2 aromatic rings. The molecule has 0 saturated heterocycles. The lowest BCUT2D eigenvalue weighted by Gasteiger charge is -2.29.